The van der Waals surface area contributed by atoms with Crippen LogP contribution in [0.25, 0.3) is 11.1 Å². The zero-order valence-electron chi connectivity index (χ0n) is 21.1. The molecule has 2 aromatic carbocycles. The van der Waals surface area contributed by atoms with Crippen molar-refractivity contribution in [2.24, 2.45) is 5.92 Å². The van der Waals surface area contributed by atoms with Gasteiger partial charge in [-0.15, -0.1) is 0 Å². The molecule has 36 heavy (non-hydrogen) atoms. The maximum atomic E-state index is 14.6. The van der Waals surface area contributed by atoms with Gasteiger partial charge in [0.15, 0.2) is 5.69 Å². The number of carbonyl (C=O) groups is 2. The highest BCUT2D eigenvalue weighted by Crippen LogP contribution is 2.30. The number of aromatic nitrogens is 2. The van der Waals surface area contributed by atoms with E-state index in [1.807, 2.05) is 4.68 Å². The van der Waals surface area contributed by atoms with Gasteiger partial charge in [0.25, 0.3) is 11.8 Å². The van der Waals surface area contributed by atoms with Gasteiger partial charge >= 0.3 is 0 Å². The summed E-state index contributed by atoms with van der Waals surface area (Å²) in [7, 11) is 1.58. The van der Waals surface area contributed by atoms with Gasteiger partial charge < -0.3 is 15.0 Å². The van der Waals surface area contributed by atoms with Crippen LogP contribution in [0.5, 0.6) is 0 Å². The first-order chi connectivity index (χ1) is 17.4. The highest BCUT2D eigenvalue weighted by molar-refractivity contribution is 6.01. The fourth-order valence-corrected chi connectivity index (χ4v) is 4.52. The Bertz CT molecular complexity index is 1240. The van der Waals surface area contributed by atoms with Gasteiger partial charge in [0.2, 0.25) is 0 Å². The summed E-state index contributed by atoms with van der Waals surface area (Å²) in [6.07, 6.45) is 1.54. The van der Waals surface area contributed by atoms with Crippen LogP contribution in [0, 0.1) is 11.7 Å². The average molecular weight is 493 g/mol. The molecule has 190 valence electrons. The van der Waals surface area contributed by atoms with Crippen LogP contribution in [0.15, 0.2) is 48.5 Å². The summed E-state index contributed by atoms with van der Waals surface area (Å²) in [5, 5.41) is 7.52. The Morgan fingerprint density at radius 3 is 2.56 bits per heavy atom. The van der Waals surface area contributed by atoms with E-state index in [0.29, 0.717) is 54.4 Å². The predicted molar refractivity (Wildman–Crippen MR) is 136 cm³/mol. The number of nitrogens with zero attached hydrogens (tertiary/aromatic N) is 3. The number of ether oxygens (including phenoxy) is 1. The molecule has 8 heteroatoms. The molecule has 4 rings (SSSR count). The molecule has 1 aromatic heterocycles. The number of methoxy groups -OCH3 is 1. The van der Waals surface area contributed by atoms with E-state index < -0.39 is 0 Å². The molecule has 0 atom stereocenters. The topological polar surface area (TPSA) is 76.5 Å². The lowest BCUT2D eigenvalue weighted by Gasteiger charge is -2.29. The number of fused-ring (bicyclic) bond motifs is 1. The van der Waals surface area contributed by atoms with Crippen molar-refractivity contribution < 1.29 is 18.7 Å². The molecule has 0 unspecified atom stereocenters. The van der Waals surface area contributed by atoms with Gasteiger partial charge in [0, 0.05) is 55.5 Å². The van der Waals surface area contributed by atoms with Gasteiger partial charge in [-0.3, -0.25) is 14.3 Å². The zero-order chi connectivity index (χ0) is 25.7. The number of rotatable bonds is 9. The highest BCUT2D eigenvalue weighted by atomic mass is 19.1. The van der Waals surface area contributed by atoms with E-state index in [-0.39, 0.29) is 24.2 Å². The third-order valence-corrected chi connectivity index (χ3v) is 6.47. The van der Waals surface area contributed by atoms with E-state index >= 15 is 0 Å². The largest absolute Gasteiger partial charge is 0.383 e. The Morgan fingerprint density at radius 2 is 1.83 bits per heavy atom. The maximum absolute atomic E-state index is 14.6. The SMILES string of the molecule is COCCNC(=O)c1nn(CCC(C)C)c2c1CN(C(=O)c1ccccc1-c1ccccc1F)CC2. The first-order valence-corrected chi connectivity index (χ1v) is 12.4. The second-order valence-corrected chi connectivity index (χ2v) is 9.43. The van der Waals surface area contributed by atoms with Crippen LogP contribution in [0.4, 0.5) is 4.39 Å². The first kappa shape index (κ1) is 25.6. The maximum Gasteiger partial charge on any atom is 0.272 e. The van der Waals surface area contributed by atoms with Gasteiger partial charge in [-0.25, -0.2) is 4.39 Å². The summed E-state index contributed by atoms with van der Waals surface area (Å²) < 4.78 is 21.5. The molecular formula is C28H33FN4O3. The van der Waals surface area contributed by atoms with Crippen molar-refractivity contribution in [3.63, 3.8) is 0 Å². The zero-order valence-corrected chi connectivity index (χ0v) is 21.1. The number of halogens is 1. The number of hydrogen-bond acceptors (Lipinski definition) is 4. The van der Waals surface area contributed by atoms with Crippen molar-refractivity contribution in [3.05, 3.63) is 76.9 Å². The molecular weight excluding hydrogens is 459 g/mol. The number of benzene rings is 2. The summed E-state index contributed by atoms with van der Waals surface area (Å²) in [6.45, 7) is 6.57. The fraction of sp³-hybridized carbons (Fsp3) is 0.393. The quantitative estimate of drug-likeness (QED) is 0.452. The van der Waals surface area contributed by atoms with Crippen molar-refractivity contribution in [1.82, 2.24) is 20.0 Å². The molecule has 0 bridgehead atoms. The van der Waals surface area contributed by atoms with Crippen LogP contribution in [-0.2, 0) is 24.2 Å². The minimum absolute atomic E-state index is 0.194. The molecule has 0 radical (unpaired) electrons. The Kier molecular flexibility index (Phi) is 8.15. The summed E-state index contributed by atoms with van der Waals surface area (Å²) in [5.74, 6) is -0.340. The molecule has 7 nitrogen and oxygen atoms in total. The van der Waals surface area contributed by atoms with Gasteiger partial charge in [0.05, 0.1) is 13.2 Å². The monoisotopic (exact) mass is 492 g/mol. The number of nitrogens with one attached hydrogen (secondary N) is 1. The second-order valence-electron chi connectivity index (χ2n) is 9.43. The van der Waals surface area contributed by atoms with E-state index in [0.717, 1.165) is 24.2 Å². The van der Waals surface area contributed by atoms with Crippen molar-refractivity contribution in [2.75, 3.05) is 26.8 Å². The van der Waals surface area contributed by atoms with Gasteiger partial charge in [-0.05, 0) is 30.0 Å². The molecule has 0 spiro atoms. The molecule has 0 saturated carbocycles. The predicted octanol–water partition coefficient (Wildman–Crippen LogP) is 4.31. The van der Waals surface area contributed by atoms with Crippen LogP contribution < -0.4 is 5.32 Å². The van der Waals surface area contributed by atoms with Gasteiger partial charge in [0.1, 0.15) is 5.82 Å². The lowest BCUT2D eigenvalue weighted by molar-refractivity contribution is 0.0731. The molecule has 0 fully saturated rings. The van der Waals surface area contributed by atoms with Crippen molar-refractivity contribution in [2.45, 2.75) is 39.8 Å². The summed E-state index contributed by atoms with van der Waals surface area (Å²) in [4.78, 5) is 28.4. The van der Waals surface area contributed by atoms with Crippen molar-refractivity contribution in [3.8, 4) is 11.1 Å². The first-order valence-electron chi connectivity index (χ1n) is 12.4. The molecule has 1 aliphatic heterocycles. The molecule has 3 aromatic rings. The molecule has 0 aliphatic carbocycles. The summed E-state index contributed by atoms with van der Waals surface area (Å²) in [5.41, 5.74) is 3.50. The standard InChI is InChI=1S/C28H33FN4O3/c1-19(2)12-16-33-25-13-15-32(18-23(25)26(31-33)27(34)30-14-17-36-3)28(35)22-10-5-4-8-20(22)21-9-6-7-11-24(21)29/h4-11,19H,12-18H2,1-3H3,(H,30,34). The minimum Gasteiger partial charge on any atom is -0.383 e. The Labute approximate surface area is 211 Å². The van der Waals surface area contributed by atoms with Crippen LogP contribution in [0.3, 0.4) is 0 Å². The fourth-order valence-electron chi connectivity index (χ4n) is 4.52. The Morgan fingerprint density at radius 1 is 1.11 bits per heavy atom. The Hall–Kier alpha value is -3.52. The van der Waals surface area contributed by atoms with Crippen molar-refractivity contribution in [1.29, 1.82) is 0 Å². The minimum atomic E-state index is -0.375. The number of amides is 2. The lowest BCUT2D eigenvalue weighted by atomic mass is 9.97. The molecule has 1 aliphatic rings. The number of hydrogen-bond donors (Lipinski definition) is 1. The number of carbonyl (C=O) groups excluding carboxylic acids is 2. The van der Waals surface area contributed by atoms with E-state index in [2.05, 4.69) is 24.3 Å². The van der Waals surface area contributed by atoms with Gasteiger partial charge in [-0.2, -0.15) is 5.10 Å². The van der Waals surface area contributed by atoms with Crippen LogP contribution in [0.2, 0.25) is 0 Å². The van der Waals surface area contributed by atoms with Crippen LogP contribution in [0.1, 0.15) is 52.4 Å². The summed E-state index contributed by atoms with van der Waals surface area (Å²) in [6, 6.07) is 13.5. The Balaban J connectivity index is 1.64. The molecule has 0 saturated heterocycles. The smallest absolute Gasteiger partial charge is 0.272 e. The average Bonchev–Trinajstić information content (AvgIpc) is 3.25. The van der Waals surface area contributed by atoms with Crippen LogP contribution in [-0.4, -0.2) is 53.3 Å². The van der Waals surface area contributed by atoms with E-state index in [4.69, 9.17) is 4.74 Å². The van der Waals surface area contributed by atoms with E-state index in [1.54, 1.807) is 54.5 Å². The van der Waals surface area contributed by atoms with Crippen molar-refractivity contribution >= 4 is 11.8 Å². The van der Waals surface area contributed by atoms with E-state index in [9.17, 15) is 14.0 Å². The van der Waals surface area contributed by atoms with Crippen LogP contribution >= 0.6 is 0 Å². The van der Waals surface area contributed by atoms with Gasteiger partial charge in [-0.1, -0.05) is 50.2 Å². The third kappa shape index (κ3) is 5.49. The number of aryl methyl sites for hydroxylation is 1. The summed E-state index contributed by atoms with van der Waals surface area (Å²) >= 11 is 0. The molecule has 2 amide bonds. The molecule has 2 heterocycles. The normalized spacial score (nSPS) is 13.1. The molecule has 1 N–H and O–H groups in total. The van der Waals surface area contributed by atoms with E-state index in [1.165, 1.54) is 6.07 Å². The lowest BCUT2D eigenvalue weighted by Crippen LogP contribution is -2.37. The second kappa shape index (κ2) is 11.5. The third-order valence-electron chi connectivity index (χ3n) is 6.47. The highest BCUT2D eigenvalue weighted by Gasteiger charge is 2.31.